The Hall–Kier alpha value is -2.21. The van der Waals surface area contributed by atoms with Crippen LogP contribution < -0.4 is 9.80 Å². The largest absolute Gasteiger partial charge is 0.355 e. The second-order valence-corrected chi connectivity index (χ2v) is 7.96. The van der Waals surface area contributed by atoms with Crippen molar-refractivity contribution < 1.29 is 0 Å². The number of thiophene rings is 1. The number of fused-ring (bicyclic) bond motifs is 1. The Morgan fingerprint density at radius 2 is 2.00 bits per heavy atom. The third kappa shape index (κ3) is 2.74. The van der Waals surface area contributed by atoms with Crippen LogP contribution in [0.3, 0.4) is 0 Å². The van der Waals surface area contributed by atoms with Crippen molar-refractivity contribution in [2.24, 2.45) is 0 Å². The summed E-state index contributed by atoms with van der Waals surface area (Å²) in [6, 6.07) is 6.78. The molecule has 1 atom stereocenters. The van der Waals surface area contributed by atoms with Crippen LogP contribution in [-0.4, -0.2) is 41.1 Å². The molecular weight excluding hydrogens is 330 g/mol. The van der Waals surface area contributed by atoms with Gasteiger partial charge in [-0.15, -0.1) is 11.3 Å². The molecule has 4 heterocycles. The van der Waals surface area contributed by atoms with Crippen molar-refractivity contribution in [3.63, 3.8) is 0 Å². The van der Waals surface area contributed by atoms with Crippen LogP contribution in [0.2, 0.25) is 0 Å². The molecule has 0 radical (unpaired) electrons. The number of nitrogens with zero attached hydrogens (tertiary/aromatic N) is 5. The fourth-order valence-electron chi connectivity index (χ4n) is 3.67. The minimum absolute atomic E-state index is 0.456. The molecule has 1 aliphatic carbocycles. The van der Waals surface area contributed by atoms with Crippen LogP contribution in [0.15, 0.2) is 36.0 Å². The molecule has 0 aromatic carbocycles. The fourth-order valence-corrected chi connectivity index (χ4v) is 4.44. The van der Waals surface area contributed by atoms with Gasteiger partial charge in [0.1, 0.15) is 17.5 Å². The Kier molecular flexibility index (Phi) is 3.59. The minimum Gasteiger partial charge on any atom is -0.355 e. The highest BCUT2D eigenvalue weighted by Crippen LogP contribution is 2.38. The molecule has 1 aliphatic heterocycles. The Morgan fingerprint density at radius 1 is 1.12 bits per heavy atom. The van der Waals surface area contributed by atoms with Crippen molar-refractivity contribution in [3.8, 4) is 0 Å². The highest BCUT2D eigenvalue weighted by molar-refractivity contribution is 7.17. The molecule has 3 aromatic heterocycles. The maximum atomic E-state index is 4.80. The lowest BCUT2D eigenvalue weighted by Gasteiger charge is -2.26. The van der Waals surface area contributed by atoms with Crippen LogP contribution in [0.25, 0.3) is 10.1 Å². The molecule has 25 heavy (non-hydrogen) atoms. The zero-order valence-corrected chi connectivity index (χ0v) is 15.1. The molecule has 2 aliphatic rings. The van der Waals surface area contributed by atoms with Crippen molar-refractivity contribution in [2.75, 3.05) is 29.9 Å². The van der Waals surface area contributed by atoms with Crippen LogP contribution in [0.1, 0.15) is 31.0 Å². The summed E-state index contributed by atoms with van der Waals surface area (Å²) >= 11 is 1.78. The van der Waals surface area contributed by atoms with Gasteiger partial charge in [-0.1, -0.05) is 0 Å². The molecule has 1 unspecified atom stereocenters. The van der Waals surface area contributed by atoms with E-state index in [1.54, 1.807) is 11.3 Å². The number of likely N-dealkylation sites (N-methyl/N-ethyl adjacent to an activating group) is 1. The molecule has 0 bridgehead atoms. The standard InChI is InChI=1S/C19H21N5S/c1-23(17-5-9-20-18(22-17)13-2-3-13)14-6-10-24(12-14)19-15-7-11-25-16(15)4-8-21-19/h4-5,7-9,11,13-14H,2-3,6,10,12H2,1H3. The minimum atomic E-state index is 0.456. The van der Waals surface area contributed by atoms with E-state index in [2.05, 4.69) is 44.3 Å². The first-order valence-electron chi connectivity index (χ1n) is 8.92. The maximum absolute atomic E-state index is 4.80. The van der Waals surface area contributed by atoms with E-state index in [0.717, 1.165) is 37.0 Å². The van der Waals surface area contributed by atoms with Gasteiger partial charge in [0.2, 0.25) is 0 Å². The maximum Gasteiger partial charge on any atom is 0.137 e. The monoisotopic (exact) mass is 351 g/mol. The lowest BCUT2D eigenvalue weighted by atomic mass is 10.2. The summed E-state index contributed by atoms with van der Waals surface area (Å²) in [5.74, 6) is 3.78. The molecule has 1 saturated carbocycles. The normalized spacial score (nSPS) is 20.4. The highest BCUT2D eigenvalue weighted by atomic mass is 32.1. The van der Waals surface area contributed by atoms with Gasteiger partial charge >= 0.3 is 0 Å². The predicted octanol–water partition coefficient (Wildman–Crippen LogP) is 3.68. The summed E-state index contributed by atoms with van der Waals surface area (Å²) in [6.45, 7) is 2.03. The second-order valence-electron chi connectivity index (χ2n) is 7.01. The first kappa shape index (κ1) is 15.1. The number of pyridine rings is 1. The van der Waals surface area contributed by atoms with E-state index >= 15 is 0 Å². The van der Waals surface area contributed by atoms with Crippen LogP contribution in [0.5, 0.6) is 0 Å². The predicted molar refractivity (Wildman–Crippen MR) is 103 cm³/mol. The first-order chi connectivity index (χ1) is 12.3. The summed E-state index contributed by atoms with van der Waals surface area (Å²) < 4.78 is 1.31. The van der Waals surface area contributed by atoms with Gasteiger partial charge in [-0.2, -0.15) is 0 Å². The van der Waals surface area contributed by atoms with Crippen molar-refractivity contribution >= 4 is 33.1 Å². The third-order valence-electron chi connectivity index (χ3n) is 5.33. The average Bonchev–Trinajstić information content (AvgIpc) is 3.19. The summed E-state index contributed by atoms with van der Waals surface area (Å²) in [5, 5.41) is 3.42. The van der Waals surface area contributed by atoms with Crippen molar-refractivity contribution in [2.45, 2.75) is 31.2 Å². The summed E-state index contributed by atoms with van der Waals surface area (Å²) in [7, 11) is 2.16. The molecule has 3 aromatic rings. The van der Waals surface area contributed by atoms with Gasteiger partial charge in [0.25, 0.3) is 0 Å². The number of hydrogen-bond donors (Lipinski definition) is 0. The summed E-state index contributed by atoms with van der Waals surface area (Å²) in [5.41, 5.74) is 0. The number of aromatic nitrogens is 3. The van der Waals surface area contributed by atoms with E-state index in [9.17, 15) is 0 Å². The van der Waals surface area contributed by atoms with Gasteiger partial charge in [-0.25, -0.2) is 15.0 Å². The molecule has 0 spiro atoms. The molecular formula is C19H21N5S. The second kappa shape index (κ2) is 5.95. The Labute approximate surface area is 151 Å². The van der Waals surface area contributed by atoms with E-state index in [1.807, 2.05) is 18.5 Å². The van der Waals surface area contributed by atoms with Gasteiger partial charge in [-0.05, 0) is 42.8 Å². The summed E-state index contributed by atoms with van der Waals surface area (Å²) in [4.78, 5) is 18.6. The van der Waals surface area contributed by atoms with Crippen molar-refractivity contribution in [1.82, 2.24) is 15.0 Å². The van der Waals surface area contributed by atoms with Crippen LogP contribution in [0.4, 0.5) is 11.6 Å². The molecule has 0 N–H and O–H groups in total. The Morgan fingerprint density at radius 3 is 2.88 bits per heavy atom. The third-order valence-corrected chi connectivity index (χ3v) is 6.21. The lowest BCUT2D eigenvalue weighted by Crippen LogP contribution is -2.35. The van der Waals surface area contributed by atoms with Crippen molar-refractivity contribution in [3.05, 3.63) is 41.8 Å². The van der Waals surface area contributed by atoms with E-state index in [0.29, 0.717) is 12.0 Å². The average molecular weight is 351 g/mol. The fraction of sp³-hybridized carbons (Fsp3) is 0.421. The zero-order valence-electron chi connectivity index (χ0n) is 14.3. The topological polar surface area (TPSA) is 45.2 Å². The van der Waals surface area contributed by atoms with Crippen molar-refractivity contribution in [1.29, 1.82) is 0 Å². The summed E-state index contributed by atoms with van der Waals surface area (Å²) in [6.07, 6.45) is 7.44. The number of rotatable bonds is 4. The molecule has 2 fully saturated rings. The quantitative estimate of drug-likeness (QED) is 0.717. The van der Waals surface area contributed by atoms with Gasteiger partial charge in [0.05, 0.1) is 0 Å². The first-order valence-corrected chi connectivity index (χ1v) is 9.80. The SMILES string of the molecule is CN(c1ccnc(C2CC2)n1)C1CCN(c2nccc3sccc23)C1. The van der Waals surface area contributed by atoms with Crippen LogP contribution >= 0.6 is 11.3 Å². The van der Waals surface area contributed by atoms with E-state index in [4.69, 9.17) is 4.98 Å². The van der Waals surface area contributed by atoms with Crippen LogP contribution in [0, 0.1) is 0 Å². The van der Waals surface area contributed by atoms with Gasteiger partial charge in [-0.3, -0.25) is 0 Å². The Bertz CT molecular complexity index is 903. The van der Waals surface area contributed by atoms with E-state index in [1.165, 1.54) is 22.9 Å². The van der Waals surface area contributed by atoms with Crippen LogP contribution in [-0.2, 0) is 0 Å². The molecule has 128 valence electrons. The number of hydrogen-bond acceptors (Lipinski definition) is 6. The van der Waals surface area contributed by atoms with Gasteiger partial charge in [0.15, 0.2) is 0 Å². The zero-order chi connectivity index (χ0) is 16.8. The molecule has 6 heteroatoms. The van der Waals surface area contributed by atoms with Gasteiger partial charge < -0.3 is 9.80 Å². The molecule has 5 nitrogen and oxygen atoms in total. The molecule has 1 saturated heterocycles. The van der Waals surface area contributed by atoms with E-state index in [-0.39, 0.29) is 0 Å². The molecule has 5 rings (SSSR count). The van der Waals surface area contributed by atoms with Gasteiger partial charge in [0, 0.05) is 54.6 Å². The lowest BCUT2D eigenvalue weighted by molar-refractivity contribution is 0.680. The highest BCUT2D eigenvalue weighted by Gasteiger charge is 2.30. The molecule has 0 amide bonds. The van der Waals surface area contributed by atoms with E-state index < -0.39 is 0 Å². The smallest absolute Gasteiger partial charge is 0.137 e. The number of anilines is 2. The Balaban J connectivity index is 1.36.